The van der Waals surface area contributed by atoms with Gasteiger partial charge in [0.15, 0.2) is 0 Å². The predicted octanol–water partition coefficient (Wildman–Crippen LogP) is 4.81. The average molecular weight is 353 g/mol. The number of nitrogens with zero attached hydrogens (tertiary/aromatic N) is 2. The molecule has 0 unspecified atom stereocenters. The molecule has 0 saturated carbocycles. The average Bonchev–Trinajstić information content (AvgIpc) is 2.87. The van der Waals surface area contributed by atoms with E-state index < -0.39 is 0 Å². The number of thioether (sulfide) groups is 1. The first-order valence-corrected chi connectivity index (χ1v) is 9.48. The summed E-state index contributed by atoms with van der Waals surface area (Å²) in [6.45, 7) is 4.75. The molecular formula is C16H17ClN2OS2. The van der Waals surface area contributed by atoms with Crippen LogP contribution in [0.3, 0.4) is 0 Å². The molecule has 1 amide bonds. The molecule has 0 saturated heterocycles. The monoisotopic (exact) mass is 352 g/mol. The van der Waals surface area contributed by atoms with Crippen LogP contribution in [0.4, 0.5) is 5.69 Å². The molecule has 3 nitrogen and oxygen atoms in total. The van der Waals surface area contributed by atoms with E-state index in [4.69, 9.17) is 11.6 Å². The maximum Gasteiger partial charge on any atom is 0.270 e. The number of benzene rings is 1. The molecule has 22 heavy (non-hydrogen) atoms. The van der Waals surface area contributed by atoms with Crippen molar-refractivity contribution in [2.24, 2.45) is 0 Å². The summed E-state index contributed by atoms with van der Waals surface area (Å²) in [5.41, 5.74) is 1.75. The second-order valence-corrected chi connectivity index (χ2v) is 7.85. The minimum atomic E-state index is 0.0427. The zero-order valence-electron chi connectivity index (χ0n) is 12.6. The van der Waals surface area contributed by atoms with E-state index in [1.54, 1.807) is 11.8 Å². The molecule has 0 fully saturated rings. The zero-order chi connectivity index (χ0) is 15.7. The Bertz CT molecular complexity index is 714. The van der Waals surface area contributed by atoms with Gasteiger partial charge in [-0.05, 0) is 38.0 Å². The molecule has 1 aromatic carbocycles. The number of anilines is 1. The topological polar surface area (TPSA) is 33.2 Å². The van der Waals surface area contributed by atoms with Crippen LogP contribution in [0.5, 0.6) is 0 Å². The van der Waals surface area contributed by atoms with Crippen LogP contribution in [-0.2, 0) is 6.42 Å². The Morgan fingerprint density at radius 2 is 2.27 bits per heavy atom. The lowest BCUT2D eigenvalue weighted by Gasteiger charge is -2.28. The second kappa shape index (κ2) is 6.60. The van der Waals surface area contributed by atoms with Gasteiger partial charge < -0.3 is 4.90 Å². The van der Waals surface area contributed by atoms with Gasteiger partial charge in [-0.3, -0.25) is 4.79 Å². The zero-order valence-corrected chi connectivity index (χ0v) is 14.9. The van der Waals surface area contributed by atoms with Crippen molar-refractivity contribution in [1.29, 1.82) is 0 Å². The molecule has 0 aliphatic carbocycles. The highest BCUT2D eigenvalue weighted by Crippen LogP contribution is 2.38. The Hall–Kier alpha value is -1.04. The van der Waals surface area contributed by atoms with E-state index in [0.29, 0.717) is 11.6 Å². The molecule has 2 aromatic rings. The van der Waals surface area contributed by atoms with Crippen molar-refractivity contribution in [3.63, 3.8) is 0 Å². The maximum atomic E-state index is 13.0. The minimum Gasteiger partial charge on any atom is -0.306 e. The van der Waals surface area contributed by atoms with Gasteiger partial charge in [-0.1, -0.05) is 18.5 Å². The van der Waals surface area contributed by atoms with Gasteiger partial charge in [0.2, 0.25) is 0 Å². The van der Waals surface area contributed by atoms with Crippen LogP contribution in [0.15, 0.2) is 23.1 Å². The number of halogens is 1. The van der Waals surface area contributed by atoms with Gasteiger partial charge in [0.25, 0.3) is 5.91 Å². The number of carbonyl (C=O) groups is 1. The Balaban J connectivity index is 1.95. The Morgan fingerprint density at radius 1 is 1.45 bits per heavy atom. The molecule has 0 atom stereocenters. The van der Waals surface area contributed by atoms with Crippen LogP contribution in [0.2, 0.25) is 5.02 Å². The summed E-state index contributed by atoms with van der Waals surface area (Å²) in [5, 5.41) is 1.70. The van der Waals surface area contributed by atoms with Crippen molar-refractivity contribution in [3.8, 4) is 0 Å². The Morgan fingerprint density at radius 3 is 3.05 bits per heavy atom. The molecule has 0 bridgehead atoms. The normalized spacial score (nSPS) is 14.0. The fourth-order valence-corrected chi connectivity index (χ4v) is 4.75. The summed E-state index contributed by atoms with van der Waals surface area (Å²) in [4.78, 5) is 21.2. The number of rotatable bonds is 3. The first kappa shape index (κ1) is 15.8. The Labute approximate surface area is 143 Å². The molecule has 6 heteroatoms. The summed E-state index contributed by atoms with van der Waals surface area (Å²) in [6, 6.07) is 5.74. The molecule has 0 radical (unpaired) electrons. The number of aromatic nitrogens is 1. The lowest BCUT2D eigenvalue weighted by molar-refractivity contribution is 0.0991. The van der Waals surface area contributed by atoms with Crippen LogP contribution < -0.4 is 4.90 Å². The molecule has 1 aliphatic rings. The fourth-order valence-electron chi connectivity index (χ4n) is 2.50. The van der Waals surface area contributed by atoms with Gasteiger partial charge in [0.1, 0.15) is 4.88 Å². The lowest BCUT2D eigenvalue weighted by Crippen LogP contribution is -2.35. The number of hydrogen-bond acceptors (Lipinski definition) is 4. The van der Waals surface area contributed by atoms with Gasteiger partial charge in [-0.25, -0.2) is 4.98 Å². The first-order valence-electron chi connectivity index (χ1n) is 7.30. The number of carbonyl (C=O) groups excluding carboxylic acids is 1. The molecule has 3 rings (SSSR count). The standard InChI is InChI=1S/C16H17ClN2OS2/c1-3-4-14-18-10(2)15(22-14)16(20)19-7-8-21-13-6-5-11(17)9-12(13)19/h5-6,9H,3-4,7-8H2,1-2H3. The highest BCUT2D eigenvalue weighted by atomic mass is 35.5. The molecular weight excluding hydrogens is 336 g/mol. The highest BCUT2D eigenvalue weighted by Gasteiger charge is 2.27. The van der Waals surface area contributed by atoms with Gasteiger partial charge in [-0.15, -0.1) is 23.1 Å². The molecule has 1 aliphatic heterocycles. The van der Waals surface area contributed by atoms with Crippen LogP contribution in [0.25, 0.3) is 0 Å². The summed E-state index contributed by atoms with van der Waals surface area (Å²) in [5.74, 6) is 0.946. The van der Waals surface area contributed by atoms with E-state index in [0.717, 1.165) is 44.8 Å². The van der Waals surface area contributed by atoms with Crippen LogP contribution in [-0.4, -0.2) is 23.2 Å². The van der Waals surface area contributed by atoms with E-state index in [1.165, 1.54) is 11.3 Å². The largest absolute Gasteiger partial charge is 0.306 e. The molecule has 1 aromatic heterocycles. The van der Waals surface area contributed by atoms with E-state index in [2.05, 4.69) is 11.9 Å². The van der Waals surface area contributed by atoms with Crippen LogP contribution in [0, 0.1) is 6.92 Å². The molecule has 0 N–H and O–H groups in total. The SMILES string of the molecule is CCCc1nc(C)c(C(=O)N2CCSc3ccc(Cl)cc32)s1. The second-order valence-electron chi connectivity index (χ2n) is 5.19. The van der Waals surface area contributed by atoms with Crippen LogP contribution >= 0.6 is 34.7 Å². The predicted molar refractivity (Wildman–Crippen MR) is 94.7 cm³/mol. The third kappa shape index (κ3) is 3.03. The van der Waals surface area contributed by atoms with Crippen molar-refractivity contribution in [2.45, 2.75) is 31.6 Å². The van der Waals surface area contributed by atoms with Crippen molar-refractivity contribution in [1.82, 2.24) is 4.98 Å². The van der Waals surface area contributed by atoms with Gasteiger partial charge >= 0.3 is 0 Å². The number of fused-ring (bicyclic) bond motifs is 1. The Kier molecular flexibility index (Phi) is 4.76. The van der Waals surface area contributed by atoms with E-state index >= 15 is 0 Å². The maximum absolute atomic E-state index is 13.0. The number of thiazole rings is 1. The first-order chi connectivity index (χ1) is 10.6. The number of amides is 1. The van der Waals surface area contributed by atoms with Crippen molar-refractivity contribution in [3.05, 3.63) is 38.8 Å². The van der Waals surface area contributed by atoms with Gasteiger partial charge in [0, 0.05) is 22.2 Å². The van der Waals surface area contributed by atoms with Gasteiger partial charge in [0.05, 0.1) is 16.4 Å². The molecule has 116 valence electrons. The van der Waals surface area contributed by atoms with Crippen LogP contribution in [0.1, 0.15) is 33.7 Å². The fraction of sp³-hybridized carbons (Fsp3) is 0.375. The minimum absolute atomic E-state index is 0.0427. The third-order valence-corrected chi connectivity index (χ3v) is 6.01. The summed E-state index contributed by atoms with van der Waals surface area (Å²) < 4.78 is 0. The van der Waals surface area contributed by atoms with Gasteiger partial charge in [-0.2, -0.15) is 0 Å². The quantitative estimate of drug-likeness (QED) is 0.794. The van der Waals surface area contributed by atoms with Crippen molar-refractivity contribution in [2.75, 3.05) is 17.2 Å². The number of hydrogen-bond donors (Lipinski definition) is 0. The van der Waals surface area contributed by atoms with E-state index in [9.17, 15) is 4.79 Å². The number of aryl methyl sites for hydroxylation is 2. The summed E-state index contributed by atoms with van der Waals surface area (Å²) in [6.07, 6.45) is 1.97. The summed E-state index contributed by atoms with van der Waals surface area (Å²) >= 11 is 9.40. The summed E-state index contributed by atoms with van der Waals surface area (Å²) in [7, 11) is 0. The van der Waals surface area contributed by atoms with E-state index in [-0.39, 0.29) is 5.91 Å². The molecule has 0 spiro atoms. The van der Waals surface area contributed by atoms with Crippen molar-refractivity contribution >= 4 is 46.3 Å². The van der Waals surface area contributed by atoms with Crippen molar-refractivity contribution < 1.29 is 4.79 Å². The smallest absolute Gasteiger partial charge is 0.270 e. The lowest BCUT2D eigenvalue weighted by atomic mass is 10.2. The third-order valence-electron chi connectivity index (χ3n) is 3.53. The highest BCUT2D eigenvalue weighted by molar-refractivity contribution is 7.99. The van der Waals surface area contributed by atoms with E-state index in [1.807, 2.05) is 30.0 Å². The molecule has 2 heterocycles.